The van der Waals surface area contributed by atoms with E-state index in [4.69, 9.17) is 32.7 Å². The van der Waals surface area contributed by atoms with E-state index in [0.29, 0.717) is 52.5 Å². The maximum absolute atomic E-state index is 12.9. The number of anilines is 2. The van der Waals surface area contributed by atoms with Gasteiger partial charge in [-0.2, -0.15) is 0 Å². The smallest absolute Gasteiger partial charge is 0.340 e. The van der Waals surface area contributed by atoms with Crippen LogP contribution in [0.5, 0.6) is 0 Å². The van der Waals surface area contributed by atoms with Crippen molar-refractivity contribution < 1.29 is 19.1 Å². The Labute approximate surface area is 187 Å². The highest BCUT2D eigenvalue weighted by molar-refractivity contribution is 7.21. The minimum Gasteiger partial charge on any atom is -0.465 e. The van der Waals surface area contributed by atoms with Gasteiger partial charge in [0.25, 0.3) is 5.91 Å². The van der Waals surface area contributed by atoms with E-state index in [-0.39, 0.29) is 5.91 Å². The van der Waals surface area contributed by atoms with Crippen LogP contribution in [0.2, 0.25) is 10.0 Å². The second-order valence-electron chi connectivity index (χ2n) is 6.66. The number of rotatable bonds is 4. The first kappa shape index (κ1) is 20.9. The molecule has 1 aliphatic rings. The molecule has 0 unspecified atom stereocenters. The topological polar surface area (TPSA) is 67.9 Å². The summed E-state index contributed by atoms with van der Waals surface area (Å²) in [6.45, 7) is 2.53. The Morgan fingerprint density at radius 2 is 1.90 bits per heavy atom. The van der Waals surface area contributed by atoms with E-state index in [1.54, 1.807) is 36.4 Å². The number of fused-ring (bicyclic) bond motifs is 1. The van der Waals surface area contributed by atoms with E-state index < -0.39 is 5.97 Å². The Bertz CT molecular complexity index is 1130. The molecule has 9 heteroatoms. The zero-order chi connectivity index (χ0) is 21.3. The van der Waals surface area contributed by atoms with Crippen LogP contribution in [0.25, 0.3) is 10.1 Å². The van der Waals surface area contributed by atoms with Crippen molar-refractivity contribution in [2.75, 3.05) is 43.6 Å². The highest BCUT2D eigenvalue weighted by Gasteiger charge is 2.22. The minimum absolute atomic E-state index is 0.354. The van der Waals surface area contributed by atoms with E-state index in [1.165, 1.54) is 18.4 Å². The summed E-state index contributed by atoms with van der Waals surface area (Å²) in [4.78, 5) is 27.7. The van der Waals surface area contributed by atoms with E-state index in [2.05, 4.69) is 10.2 Å². The summed E-state index contributed by atoms with van der Waals surface area (Å²) in [5.74, 6) is -0.825. The molecule has 1 N–H and O–H groups in total. The average molecular weight is 465 g/mol. The van der Waals surface area contributed by atoms with Gasteiger partial charge in [-0.3, -0.25) is 4.79 Å². The fourth-order valence-electron chi connectivity index (χ4n) is 3.34. The molecule has 4 rings (SSSR count). The lowest BCUT2D eigenvalue weighted by Crippen LogP contribution is -2.37. The number of hydrogen-bond donors (Lipinski definition) is 1. The van der Waals surface area contributed by atoms with Crippen LogP contribution in [-0.2, 0) is 9.47 Å². The number of carbonyl (C=O) groups is 2. The number of morpholine rings is 1. The van der Waals surface area contributed by atoms with E-state index in [0.717, 1.165) is 15.8 Å². The van der Waals surface area contributed by atoms with Gasteiger partial charge >= 0.3 is 5.97 Å². The number of nitrogens with zero attached hydrogens (tertiary/aromatic N) is 1. The summed E-state index contributed by atoms with van der Waals surface area (Å²) in [6.07, 6.45) is 0. The second-order valence-corrected chi connectivity index (χ2v) is 8.53. The quantitative estimate of drug-likeness (QED) is 0.544. The molecule has 0 spiro atoms. The van der Waals surface area contributed by atoms with Gasteiger partial charge in [0.2, 0.25) is 0 Å². The van der Waals surface area contributed by atoms with E-state index in [9.17, 15) is 9.59 Å². The Balaban J connectivity index is 1.63. The van der Waals surface area contributed by atoms with Crippen LogP contribution in [0.1, 0.15) is 20.0 Å². The van der Waals surface area contributed by atoms with Crippen LogP contribution in [0.15, 0.2) is 36.4 Å². The number of nitrogens with one attached hydrogen (secondary N) is 1. The number of ether oxygens (including phenoxy) is 2. The molecule has 1 aliphatic heterocycles. The molecule has 1 saturated heterocycles. The molecule has 0 radical (unpaired) electrons. The molecule has 6 nitrogen and oxygen atoms in total. The molecule has 0 bridgehead atoms. The van der Waals surface area contributed by atoms with Crippen molar-refractivity contribution in [2.45, 2.75) is 0 Å². The van der Waals surface area contributed by atoms with Crippen LogP contribution in [0.3, 0.4) is 0 Å². The van der Waals surface area contributed by atoms with Crippen molar-refractivity contribution in [2.24, 2.45) is 0 Å². The fourth-order valence-corrected chi connectivity index (χ4v) is 5.03. The molecule has 3 aromatic rings. The molecule has 1 aromatic heterocycles. The van der Waals surface area contributed by atoms with Gasteiger partial charge in [0, 0.05) is 33.9 Å². The number of methoxy groups -OCH3 is 1. The molecule has 2 heterocycles. The van der Waals surface area contributed by atoms with Crippen LogP contribution in [0, 0.1) is 0 Å². The zero-order valence-electron chi connectivity index (χ0n) is 16.0. The summed E-state index contributed by atoms with van der Waals surface area (Å²) < 4.78 is 11.2. The number of halogens is 2. The first-order valence-corrected chi connectivity index (χ1v) is 10.8. The first-order valence-electron chi connectivity index (χ1n) is 9.22. The van der Waals surface area contributed by atoms with E-state index in [1.807, 2.05) is 0 Å². The van der Waals surface area contributed by atoms with E-state index >= 15 is 0 Å². The number of benzene rings is 2. The second kappa shape index (κ2) is 8.81. The number of amides is 1. The highest BCUT2D eigenvalue weighted by atomic mass is 35.5. The number of carbonyl (C=O) groups excluding carboxylic acids is 2. The third-order valence-electron chi connectivity index (χ3n) is 4.81. The molecular weight excluding hydrogens is 447 g/mol. The van der Waals surface area contributed by atoms with Crippen molar-refractivity contribution in [3.63, 3.8) is 0 Å². The van der Waals surface area contributed by atoms with Crippen molar-refractivity contribution in [3.8, 4) is 0 Å². The van der Waals surface area contributed by atoms with Crippen LogP contribution in [0.4, 0.5) is 11.4 Å². The van der Waals surface area contributed by atoms with Crippen LogP contribution >= 0.6 is 34.5 Å². The van der Waals surface area contributed by atoms with Gasteiger partial charge in [-0.25, -0.2) is 4.79 Å². The van der Waals surface area contributed by atoms with Crippen LogP contribution < -0.4 is 10.2 Å². The lowest BCUT2D eigenvalue weighted by atomic mass is 10.1. The summed E-state index contributed by atoms with van der Waals surface area (Å²) in [7, 11) is 1.33. The molecule has 1 amide bonds. The molecule has 0 saturated carbocycles. The molecule has 156 valence electrons. The molecular formula is C21H18Cl2N2O4S. The van der Waals surface area contributed by atoms with Crippen molar-refractivity contribution in [3.05, 3.63) is 56.9 Å². The Kier molecular flexibility index (Phi) is 6.15. The maximum Gasteiger partial charge on any atom is 0.340 e. The molecule has 0 atom stereocenters. The van der Waals surface area contributed by atoms with Gasteiger partial charge in [0.05, 0.1) is 36.6 Å². The Morgan fingerprint density at radius 3 is 2.63 bits per heavy atom. The lowest BCUT2D eigenvalue weighted by molar-refractivity contribution is 0.0600. The summed E-state index contributed by atoms with van der Waals surface area (Å²) in [5.41, 5.74) is 1.60. The summed E-state index contributed by atoms with van der Waals surface area (Å²) in [6, 6.07) is 10.5. The number of hydrogen-bond acceptors (Lipinski definition) is 6. The van der Waals surface area contributed by atoms with Gasteiger partial charge in [-0.05, 0) is 30.3 Å². The number of thiophene rings is 1. The normalized spacial score (nSPS) is 14.0. The van der Waals surface area contributed by atoms with Crippen molar-refractivity contribution in [1.29, 1.82) is 0 Å². The predicted octanol–water partition coefficient (Wildman–Crippen LogP) is 5.08. The van der Waals surface area contributed by atoms with Crippen LogP contribution in [-0.4, -0.2) is 45.3 Å². The van der Waals surface area contributed by atoms with Gasteiger partial charge in [-0.1, -0.05) is 29.3 Å². The number of esters is 1. The van der Waals surface area contributed by atoms with Crippen molar-refractivity contribution in [1.82, 2.24) is 0 Å². The highest BCUT2D eigenvalue weighted by Crippen LogP contribution is 2.37. The van der Waals surface area contributed by atoms with Gasteiger partial charge in [0.15, 0.2) is 0 Å². The minimum atomic E-state index is -0.470. The molecule has 0 aliphatic carbocycles. The fraction of sp³-hybridized carbons (Fsp3) is 0.238. The Hall–Kier alpha value is -2.32. The standard InChI is InChI=1S/C21H18Cl2N2O4S/c1-28-21(27)15-11-13(3-5-16(15)25-6-8-29-9-7-25)24-20(26)19-18(23)14-4-2-12(22)10-17(14)30-19/h2-5,10-11H,6-9H2,1H3,(H,24,26). The maximum atomic E-state index is 12.9. The predicted molar refractivity (Wildman–Crippen MR) is 121 cm³/mol. The Morgan fingerprint density at radius 1 is 1.13 bits per heavy atom. The third-order valence-corrected chi connectivity index (χ3v) is 6.70. The monoisotopic (exact) mass is 464 g/mol. The van der Waals surface area contributed by atoms with Gasteiger partial charge in [-0.15, -0.1) is 11.3 Å². The summed E-state index contributed by atoms with van der Waals surface area (Å²) in [5, 5.41) is 4.55. The van der Waals surface area contributed by atoms with Gasteiger partial charge < -0.3 is 19.7 Å². The molecule has 1 fully saturated rings. The largest absolute Gasteiger partial charge is 0.465 e. The first-order chi connectivity index (χ1) is 14.5. The van der Waals surface area contributed by atoms with Gasteiger partial charge in [0.1, 0.15) is 4.88 Å². The third kappa shape index (κ3) is 4.11. The summed E-state index contributed by atoms with van der Waals surface area (Å²) >= 11 is 13.7. The SMILES string of the molecule is COC(=O)c1cc(NC(=O)c2sc3cc(Cl)ccc3c2Cl)ccc1N1CCOCC1. The average Bonchev–Trinajstić information content (AvgIpc) is 3.09. The zero-order valence-corrected chi connectivity index (χ0v) is 18.4. The van der Waals surface area contributed by atoms with Crippen molar-refractivity contribution >= 4 is 67.9 Å². The lowest BCUT2D eigenvalue weighted by Gasteiger charge is -2.30. The molecule has 2 aromatic carbocycles. The molecule has 30 heavy (non-hydrogen) atoms.